The van der Waals surface area contributed by atoms with Gasteiger partial charge in [0.25, 0.3) is 0 Å². The van der Waals surface area contributed by atoms with Gasteiger partial charge < -0.3 is 5.11 Å². The fourth-order valence-electron chi connectivity index (χ4n) is 0.977. The van der Waals surface area contributed by atoms with Crippen LogP contribution in [0.2, 0.25) is 0 Å². The summed E-state index contributed by atoms with van der Waals surface area (Å²) in [5, 5.41) is 7.52. The van der Waals surface area contributed by atoms with Gasteiger partial charge in [0.15, 0.2) is 17.5 Å². The van der Waals surface area contributed by atoms with Crippen LogP contribution in [0.15, 0.2) is 12.1 Å². The van der Waals surface area contributed by atoms with Gasteiger partial charge >= 0.3 is 0 Å². The minimum atomic E-state index is -3.97. The van der Waals surface area contributed by atoms with Crippen molar-refractivity contribution < 1.29 is 26.7 Å². The summed E-state index contributed by atoms with van der Waals surface area (Å²) in [6, 6.07) is 1.03. The number of halogens is 3. The SMILES string of the molecule is CC(CO)S(=O)(=O)Nc1cc(F)c(F)c(F)c1. The summed E-state index contributed by atoms with van der Waals surface area (Å²) in [6.07, 6.45) is 0. The van der Waals surface area contributed by atoms with Crippen molar-refractivity contribution in [3.8, 4) is 0 Å². The molecule has 0 saturated carbocycles. The highest BCUT2D eigenvalue weighted by Crippen LogP contribution is 2.19. The molecule has 96 valence electrons. The first kappa shape index (κ1) is 13.8. The second-order valence-electron chi connectivity index (χ2n) is 3.39. The molecule has 1 aromatic carbocycles. The van der Waals surface area contributed by atoms with E-state index in [1.165, 1.54) is 6.92 Å². The number of aliphatic hydroxyl groups excluding tert-OH is 1. The van der Waals surface area contributed by atoms with Gasteiger partial charge in [0, 0.05) is 12.1 Å². The fourth-order valence-corrected chi connectivity index (χ4v) is 1.82. The molecule has 0 amide bonds. The van der Waals surface area contributed by atoms with E-state index in [0.717, 1.165) is 0 Å². The molecule has 0 radical (unpaired) electrons. The van der Waals surface area contributed by atoms with Crippen molar-refractivity contribution in [3.63, 3.8) is 0 Å². The largest absolute Gasteiger partial charge is 0.395 e. The highest BCUT2D eigenvalue weighted by molar-refractivity contribution is 7.93. The molecule has 0 aliphatic heterocycles. The number of rotatable bonds is 4. The predicted octanol–water partition coefficient (Wildman–Crippen LogP) is 1.23. The van der Waals surface area contributed by atoms with Gasteiger partial charge in [0.2, 0.25) is 10.0 Å². The number of nitrogens with one attached hydrogen (secondary N) is 1. The van der Waals surface area contributed by atoms with Crippen LogP contribution in [0.5, 0.6) is 0 Å². The Morgan fingerprint density at radius 3 is 2.18 bits per heavy atom. The van der Waals surface area contributed by atoms with E-state index in [1.54, 1.807) is 0 Å². The first-order chi connectivity index (χ1) is 7.77. The summed E-state index contributed by atoms with van der Waals surface area (Å²) in [6.45, 7) is 0.556. The minimum absolute atomic E-state index is 0.443. The Labute approximate surface area is 96.1 Å². The number of hydrogen-bond donors (Lipinski definition) is 2. The maximum Gasteiger partial charge on any atom is 0.237 e. The van der Waals surface area contributed by atoms with Gasteiger partial charge in [-0.15, -0.1) is 0 Å². The van der Waals surface area contributed by atoms with E-state index in [1.807, 2.05) is 4.72 Å². The molecule has 0 heterocycles. The van der Waals surface area contributed by atoms with Crippen molar-refractivity contribution in [3.05, 3.63) is 29.6 Å². The van der Waals surface area contributed by atoms with Gasteiger partial charge in [-0.05, 0) is 6.92 Å². The van der Waals surface area contributed by atoms with Gasteiger partial charge in [0.1, 0.15) is 5.25 Å². The summed E-state index contributed by atoms with van der Waals surface area (Å²) in [4.78, 5) is 0. The van der Waals surface area contributed by atoms with E-state index in [4.69, 9.17) is 5.11 Å². The summed E-state index contributed by atoms with van der Waals surface area (Å²) in [5.41, 5.74) is -0.443. The Kier molecular flexibility index (Phi) is 3.99. The molecule has 0 fully saturated rings. The van der Waals surface area contributed by atoms with Crippen LogP contribution >= 0.6 is 0 Å². The van der Waals surface area contributed by atoms with Crippen LogP contribution in [0, 0.1) is 17.5 Å². The minimum Gasteiger partial charge on any atom is -0.395 e. The van der Waals surface area contributed by atoms with E-state index in [2.05, 4.69) is 0 Å². The van der Waals surface area contributed by atoms with Gasteiger partial charge in [-0.3, -0.25) is 4.72 Å². The normalized spacial score (nSPS) is 13.5. The van der Waals surface area contributed by atoms with Crippen LogP contribution in [0.25, 0.3) is 0 Å². The summed E-state index contributed by atoms with van der Waals surface area (Å²) in [5.74, 6) is -4.68. The second kappa shape index (κ2) is 4.92. The second-order valence-corrected chi connectivity index (χ2v) is 5.49. The summed E-state index contributed by atoms with van der Waals surface area (Å²) >= 11 is 0. The molecule has 4 nitrogen and oxygen atoms in total. The number of sulfonamides is 1. The molecule has 0 aromatic heterocycles. The highest BCUT2D eigenvalue weighted by Gasteiger charge is 2.21. The summed E-state index contributed by atoms with van der Waals surface area (Å²) in [7, 11) is -3.97. The Balaban J connectivity index is 3.05. The molecule has 0 spiro atoms. The highest BCUT2D eigenvalue weighted by atomic mass is 32.2. The van der Waals surface area contributed by atoms with Crippen LogP contribution in [0.1, 0.15) is 6.92 Å². The van der Waals surface area contributed by atoms with Crippen molar-refractivity contribution in [2.45, 2.75) is 12.2 Å². The molecule has 1 unspecified atom stereocenters. The third kappa shape index (κ3) is 3.10. The topological polar surface area (TPSA) is 66.4 Å². The zero-order valence-corrected chi connectivity index (χ0v) is 9.56. The molecule has 0 aliphatic carbocycles. The molecule has 1 aromatic rings. The Morgan fingerprint density at radius 2 is 1.76 bits per heavy atom. The molecule has 0 saturated heterocycles. The standard InChI is InChI=1S/C9H10F3NO3S/c1-5(4-14)17(15,16)13-6-2-7(10)9(12)8(11)3-6/h2-3,5,13-14H,4H2,1H3. The zero-order chi connectivity index (χ0) is 13.2. The first-order valence-electron chi connectivity index (χ1n) is 4.55. The average Bonchev–Trinajstić information content (AvgIpc) is 2.24. The van der Waals surface area contributed by atoms with E-state index in [9.17, 15) is 21.6 Å². The molecule has 1 atom stereocenters. The van der Waals surface area contributed by atoms with E-state index in [0.29, 0.717) is 12.1 Å². The molecule has 1 rings (SSSR count). The van der Waals surface area contributed by atoms with Gasteiger partial charge in [0.05, 0.1) is 12.3 Å². The van der Waals surface area contributed by atoms with Crippen molar-refractivity contribution in [2.75, 3.05) is 11.3 Å². The van der Waals surface area contributed by atoms with Crippen molar-refractivity contribution in [2.24, 2.45) is 0 Å². The maximum absolute atomic E-state index is 12.8. The number of aliphatic hydroxyl groups is 1. The number of anilines is 1. The van der Waals surface area contributed by atoms with E-state index < -0.39 is 45.0 Å². The van der Waals surface area contributed by atoms with E-state index >= 15 is 0 Å². The van der Waals surface area contributed by atoms with Crippen molar-refractivity contribution in [1.82, 2.24) is 0 Å². The lowest BCUT2D eigenvalue weighted by Gasteiger charge is -2.12. The van der Waals surface area contributed by atoms with Crippen LogP contribution in [-0.2, 0) is 10.0 Å². The van der Waals surface area contributed by atoms with Gasteiger partial charge in [-0.25, -0.2) is 21.6 Å². The lowest BCUT2D eigenvalue weighted by atomic mass is 10.3. The van der Waals surface area contributed by atoms with Gasteiger partial charge in [-0.1, -0.05) is 0 Å². The predicted molar refractivity (Wildman–Crippen MR) is 55.4 cm³/mol. The molecular formula is C9H10F3NO3S. The Hall–Kier alpha value is -1.28. The molecular weight excluding hydrogens is 259 g/mol. The molecule has 8 heteroatoms. The molecule has 17 heavy (non-hydrogen) atoms. The van der Waals surface area contributed by atoms with Crippen molar-refractivity contribution >= 4 is 15.7 Å². The first-order valence-corrected chi connectivity index (χ1v) is 6.09. The van der Waals surface area contributed by atoms with Crippen LogP contribution in [0.4, 0.5) is 18.9 Å². The summed E-state index contributed by atoms with van der Waals surface area (Å²) < 4.78 is 62.9. The number of benzene rings is 1. The number of hydrogen-bond acceptors (Lipinski definition) is 3. The lowest BCUT2D eigenvalue weighted by molar-refractivity contribution is 0.296. The van der Waals surface area contributed by atoms with Crippen molar-refractivity contribution in [1.29, 1.82) is 0 Å². The molecule has 0 bridgehead atoms. The lowest BCUT2D eigenvalue weighted by Crippen LogP contribution is -2.28. The zero-order valence-electron chi connectivity index (χ0n) is 8.75. The monoisotopic (exact) mass is 269 g/mol. The fraction of sp³-hybridized carbons (Fsp3) is 0.333. The molecule has 2 N–H and O–H groups in total. The van der Waals surface area contributed by atoms with E-state index in [-0.39, 0.29) is 0 Å². The Morgan fingerprint density at radius 1 is 1.29 bits per heavy atom. The van der Waals surface area contributed by atoms with Crippen LogP contribution in [-0.4, -0.2) is 25.4 Å². The van der Waals surface area contributed by atoms with Crippen LogP contribution in [0.3, 0.4) is 0 Å². The quantitative estimate of drug-likeness (QED) is 0.808. The third-order valence-electron chi connectivity index (χ3n) is 2.03. The van der Waals surface area contributed by atoms with Crippen LogP contribution < -0.4 is 4.72 Å². The maximum atomic E-state index is 12.8. The third-order valence-corrected chi connectivity index (χ3v) is 3.76. The smallest absolute Gasteiger partial charge is 0.237 e. The Bertz CT molecular complexity index is 495. The average molecular weight is 269 g/mol. The van der Waals surface area contributed by atoms with Gasteiger partial charge in [-0.2, -0.15) is 0 Å². The molecule has 0 aliphatic rings.